The van der Waals surface area contributed by atoms with E-state index in [1.807, 2.05) is 0 Å². The van der Waals surface area contributed by atoms with Crippen molar-refractivity contribution in [1.29, 1.82) is 0 Å². The van der Waals surface area contributed by atoms with Gasteiger partial charge in [-0.15, -0.1) is 0 Å². The predicted molar refractivity (Wildman–Crippen MR) is 349 cm³/mol. The second-order valence-electron chi connectivity index (χ2n) is 24.5. The van der Waals surface area contributed by atoms with E-state index < -0.39 is 6.10 Å². The number of carbonyl (C=O) groups excluding carboxylic acids is 3. The summed E-state index contributed by atoms with van der Waals surface area (Å²) in [6.45, 7) is 6.69. The average Bonchev–Trinajstić information content (AvgIpc) is 3.46. The summed E-state index contributed by atoms with van der Waals surface area (Å²) < 4.78 is 17.0. The Kier molecular flexibility index (Phi) is 67.1. The van der Waals surface area contributed by atoms with Gasteiger partial charge in [-0.05, 0) is 77.0 Å². The van der Waals surface area contributed by atoms with Crippen LogP contribution in [0.3, 0.4) is 0 Å². The molecule has 470 valence electrons. The van der Waals surface area contributed by atoms with E-state index in [9.17, 15) is 14.4 Å². The van der Waals surface area contributed by atoms with Crippen LogP contribution in [0.5, 0.6) is 0 Å². The van der Waals surface area contributed by atoms with Crippen molar-refractivity contribution in [1.82, 2.24) is 0 Å². The predicted octanol–water partition coefficient (Wildman–Crippen LogP) is 24.7. The molecule has 80 heavy (non-hydrogen) atoms. The van der Waals surface area contributed by atoms with Gasteiger partial charge in [-0.3, -0.25) is 14.4 Å². The van der Waals surface area contributed by atoms with E-state index in [0.29, 0.717) is 19.3 Å². The van der Waals surface area contributed by atoms with Gasteiger partial charge in [-0.1, -0.05) is 340 Å². The molecule has 0 saturated heterocycles. The summed E-state index contributed by atoms with van der Waals surface area (Å²) in [5.41, 5.74) is 0. The van der Waals surface area contributed by atoms with Gasteiger partial charge in [0.2, 0.25) is 0 Å². The SMILES string of the molecule is CCCCCCC/C=C\C/C=C\CCCCCCCCCCCCCCCCCCCC(=O)OCC(COC(=O)CCCCCCC/C=C\CCCCCCCC)OC(=O)CCCCCCCCCCCCCCCCCCCC. The maximum Gasteiger partial charge on any atom is 0.306 e. The molecule has 0 aliphatic rings. The second kappa shape index (κ2) is 69.1. The van der Waals surface area contributed by atoms with E-state index >= 15 is 0 Å². The highest BCUT2D eigenvalue weighted by molar-refractivity contribution is 5.71. The first kappa shape index (κ1) is 77.6. The van der Waals surface area contributed by atoms with Crippen LogP contribution in [0, 0.1) is 0 Å². The summed E-state index contributed by atoms with van der Waals surface area (Å²) in [5, 5.41) is 0. The number of ether oxygens (including phenoxy) is 3. The molecule has 0 aromatic rings. The van der Waals surface area contributed by atoms with Crippen LogP contribution in [-0.4, -0.2) is 37.2 Å². The van der Waals surface area contributed by atoms with Crippen molar-refractivity contribution in [2.75, 3.05) is 13.2 Å². The van der Waals surface area contributed by atoms with E-state index in [0.717, 1.165) is 70.6 Å². The lowest BCUT2D eigenvalue weighted by atomic mass is 10.0. The van der Waals surface area contributed by atoms with Crippen LogP contribution in [0.1, 0.15) is 400 Å². The molecule has 0 amide bonds. The van der Waals surface area contributed by atoms with E-state index in [-0.39, 0.29) is 31.1 Å². The Balaban J connectivity index is 4.21. The van der Waals surface area contributed by atoms with Crippen molar-refractivity contribution < 1.29 is 28.6 Å². The highest BCUT2D eigenvalue weighted by atomic mass is 16.6. The molecule has 0 aromatic carbocycles. The maximum absolute atomic E-state index is 12.9. The molecule has 0 spiro atoms. The minimum atomic E-state index is -0.773. The Labute approximate surface area is 499 Å². The van der Waals surface area contributed by atoms with Crippen LogP contribution in [0.15, 0.2) is 36.5 Å². The fourth-order valence-corrected chi connectivity index (χ4v) is 10.9. The number of unbranched alkanes of at least 4 members (excludes halogenated alkanes) is 50. The lowest BCUT2D eigenvalue weighted by Gasteiger charge is -2.18. The van der Waals surface area contributed by atoms with E-state index in [1.165, 1.54) is 289 Å². The zero-order valence-electron chi connectivity index (χ0n) is 54.1. The van der Waals surface area contributed by atoms with Crippen LogP contribution in [0.2, 0.25) is 0 Å². The van der Waals surface area contributed by atoms with Crippen LogP contribution >= 0.6 is 0 Å². The molecule has 0 aliphatic carbocycles. The first-order valence-corrected chi connectivity index (χ1v) is 36.0. The molecule has 0 saturated carbocycles. The van der Waals surface area contributed by atoms with Crippen molar-refractivity contribution in [2.24, 2.45) is 0 Å². The van der Waals surface area contributed by atoms with Crippen molar-refractivity contribution in [2.45, 2.75) is 406 Å². The highest BCUT2D eigenvalue weighted by Gasteiger charge is 2.19. The molecule has 6 nitrogen and oxygen atoms in total. The maximum atomic E-state index is 12.9. The van der Waals surface area contributed by atoms with Gasteiger partial charge < -0.3 is 14.2 Å². The van der Waals surface area contributed by atoms with Gasteiger partial charge in [-0.25, -0.2) is 0 Å². The number of rotatable bonds is 67. The Morgan fingerprint density at radius 3 is 0.700 bits per heavy atom. The minimum absolute atomic E-state index is 0.0688. The molecular weight excluding hydrogens is 985 g/mol. The second-order valence-corrected chi connectivity index (χ2v) is 24.5. The molecule has 0 rings (SSSR count). The quantitative estimate of drug-likeness (QED) is 0.0261. The summed E-state index contributed by atoms with van der Waals surface area (Å²) in [6, 6.07) is 0. The number of hydrogen-bond acceptors (Lipinski definition) is 6. The summed E-state index contributed by atoms with van der Waals surface area (Å²) in [4.78, 5) is 38.4. The van der Waals surface area contributed by atoms with Crippen LogP contribution < -0.4 is 0 Å². The Morgan fingerprint density at radius 2 is 0.450 bits per heavy atom. The summed E-state index contributed by atoms with van der Waals surface area (Å²) in [7, 11) is 0. The van der Waals surface area contributed by atoms with Gasteiger partial charge in [0.25, 0.3) is 0 Å². The third kappa shape index (κ3) is 66.4. The molecule has 0 N–H and O–H groups in total. The number of carbonyl (C=O) groups is 3. The minimum Gasteiger partial charge on any atom is -0.462 e. The van der Waals surface area contributed by atoms with Gasteiger partial charge in [0.15, 0.2) is 6.10 Å². The van der Waals surface area contributed by atoms with Crippen molar-refractivity contribution >= 4 is 17.9 Å². The normalized spacial score (nSPS) is 12.2. The zero-order valence-corrected chi connectivity index (χ0v) is 54.1. The van der Waals surface area contributed by atoms with Crippen molar-refractivity contribution in [3.8, 4) is 0 Å². The molecule has 0 fully saturated rings. The average molecular weight is 1120 g/mol. The van der Waals surface area contributed by atoms with Gasteiger partial charge in [0, 0.05) is 19.3 Å². The lowest BCUT2D eigenvalue weighted by molar-refractivity contribution is -0.167. The monoisotopic (exact) mass is 1120 g/mol. The van der Waals surface area contributed by atoms with Crippen LogP contribution in [0.4, 0.5) is 0 Å². The molecule has 0 aromatic heterocycles. The highest BCUT2D eigenvalue weighted by Crippen LogP contribution is 2.18. The Morgan fingerprint density at radius 1 is 0.250 bits per heavy atom. The molecular formula is C74H138O6. The molecule has 1 unspecified atom stereocenters. The van der Waals surface area contributed by atoms with Crippen LogP contribution in [0.25, 0.3) is 0 Å². The van der Waals surface area contributed by atoms with E-state index in [4.69, 9.17) is 14.2 Å². The first-order chi connectivity index (χ1) is 39.5. The molecule has 0 aliphatic heterocycles. The fourth-order valence-electron chi connectivity index (χ4n) is 10.9. The largest absolute Gasteiger partial charge is 0.462 e. The van der Waals surface area contributed by atoms with Crippen molar-refractivity contribution in [3.05, 3.63) is 36.5 Å². The van der Waals surface area contributed by atoms with E-state index in [2.05, 4.69) is 57.2 Å². The number of allylic oxidation sites excluding steroid dienone is 6. The zero-order chi connectivity index (χ0) is 57.8. The Hall–Kier alpha value is -2.37. The fraction of sp³-hybridized carbons (Fsp3) is 0.878. The number of esters is 3. The smallest absolute Gasteiger partial charge is 0.306 e. The molecule has 0 radical (unpaired) electrons. The first-order valence-electron chi connectivity index (χ1n) is 36.0. The topological polar surface area (TPSA) is 78.9 Å². The molecule has 0 bridgehead atoms. The Bertz CT molecular complexity index is 1340. The van der Waals surface area contributed by atoms with Gasteiger partial charge >= 0.3 is 17.9 Å². The van der Waals surface area contributed by atoms with Gasteiger partial charge in [-0.2, -0.15) is 0 Å². The number of hydrogen-bond donors (Lipinski definition) is 0. The summed E-state index contributed by atoms with van der Waals surface area (Å²) in [6.07, 6.45) is 86.1. The summed E-state index contributed by atoms with van der Waals surface area (Å²) in [5.74, 6) is -0.846. The van der Waals surface area contributed by atoms with Crippen LogP contribution in [-0.2, 0) is 28.6 Å². The third-order valence-corrected chi connectivity index (χ3v) is 16.4. The molecule has 0 heterocycles. The molecule has 1 atom stereocenters. The van der Waals surface area contributed by atoms with E-state index in [1.54, 1.807) is 0 Å². The third-order valence-electron chi connectivity index (χ3n) is 16.4. The lowest BCUT2D eigenvalue weighted by Crippen LogP contribution is -2.30. The van der Waals surface area contributed by atoms with Gasteiger partial charge in [0.1, 0.15) is 13.2 Å². The standard InChI is InChI=1S/C74H138O6/c1-4-7-10-13-16-19-22-25-28-30-32-33-34-35-36-37-38-39-40-41-42-44-46-49-52-55-58-61-64-67-73(76)79-70-71(69-78-72(75)66-63-60-57-54-51-48-45-27-24-21-18-15-12-9-6-3)80-74(77)68-65-62-59-56-53-50-47-43-31-29-26-23-20-17-14-11-8-5-2/h22,25,27,30,32,45,71H,4-21,23-24,26,28-29,31,33-44,46-70H2,1-3H3/b25-22-,32-30-,45-27-. The van der Waals surface area contributed by atoms with Crippen molar-refractivity contribution in [3.63, 3.8) is 0 Å². The van der Waals surface area contributed by atoms with Gasteiger partial charge in [0.05, 0.1) is 0 Å². The summed E-state index contributed by atoms with van der Waals surface area (Å²) >= 11 is 0. The molecule has 6 heteroatoms.